The molecule has 3 aromatic rings. The van der Waals surface area contributed by atoms with Crippen LogP contribution in [0.15, 0.2) is 67.0 Å². The normalized spacial score (nSPS) is 14.8. The molecule has 0 spiro atoms. The molecule has 0 saturated carbocycles. The number of aliphatic hydroxyl groups excluding tert-OH is 3. The standard InChI is InChI=1S/C24H28FN3O4/c1-16(30)24-27-10-11-28(24)20(14-29)12-23(25)19-4-2-17(3-5-19)18-6-8-22(9-7-18)32-15-21(31)13-26/h2-12,16,20-21,29-31H,13-15,26H2,1H3/b23-12-/t16-,20?,21?/m0/s1. The summed E-state index contributed by atoms with van der Waals surface area (Å²) in [5.41, 5.74) is 7.57. The van der Waals surface area contributed by atoms with Crippen LogP contribution in [0.1, 0.15) is 30.5 Å². The summed E-state index contributed by atoms with van der Waals surface area (Å²) in [5.74, 6) is 0.495. The Morgan fingerprint density at radius 1 is 1.12 bits per heavy atom. The molecule has 0 fully saturated rings. The van der Waals surface area contributed by atoms with Crippen molar-refractivity contribution in [2.75, 3.05) is 19.8 Å². The Morgan fingerprint density at radius 3 is 2.31 bits per heavy atom. The van der Waals surface area contributed by atoms with Crippen LogP contribution in [-0.4, -0.2) is 50.7 Å². The first-order valence-electron chi connectivity index (χ1n) is 10.3. The molecule has 2 unspecified atom stereocenters. The second-order valence-electron chi connectivity index (χ2n) is 7.44. The predicted octanol–water partition coefficient (Wildman–Crippen LogP) is 2.85. The predicted molar refractivity (Wildman–Crippen MR) is 121 cm³/mol. The summed E-state index contributed by atoms with van der Waals surface area (Å²) in [6.07, 6.45) is 2.87. The van der Waals surface area contributed by atoms with E-state index in [0.717, 1.165) is 11.1 Å². The first-order valence-corrected chi connectivity index (χ1v) is 10.3. The molecule has 0 bridgehead atoms. The van der Waals surface area contributed by atoms with Gasteiger partial charge in [0.2, 0.25) is 0 Å². The van der Waals surface area contributed by atoms with Crippen LogP contribution in [0.2, 0.25) is 0 Å². The van der Waals surface area contributed by atoms with Crippen molar-refractivity contribution in [1.82, 2.24) is 9.55 Å². The lowest BCUT2D eigenvalue weighted by molar-refractivity contribution is 0.114. The second-order valence-corrected chi connectivity index (χ2v) is 7.44. The van der Waals surface area contributed by atoms with Gasteiger partial charge in [-0.3, -0.25) is 0 Å². The molecular weight excluding hydrogens is 413 g/mol. The number of rotatable bonds is 10. The fraction of sp³-hybridized carbons (Fsp3) is 0.292. The van der Waals surface area contributed by atoms with Gasteiger partial charge < -0.3 is 30.4 Å². The van der Waals surface area contributed by atoms with Crippen molar-refractivity contribution in [3.63, 3.8) is 0 Å². The van der Waals surface area contributed by atoms with Crippen LogP contribution in [0, 0.1) is 0 Å². The Kier molecular flexibility index (Phi) is 8.13. The molecule has 1 heterocycles. The van der Waals surface area contributed by atoms with Crippen molar-refractivity contribution in [2.24, 2.45) is 5.73 Å². The number of hydrogen-bond acceptors (Lipinski definition) is 6. The Bertz CT molecular complexity index is 1020. The molecule has 0 aliphatic carbocycles. The third kappa shape index (κ3) is 5.80. The molecule has 0 saturated heterocycles. The van der Waals surface area contributed by atoms with Crippen molar-refractivity contribution in [3.05, 3.63) is 78.4 Å². The number of aromatic nitrogens is 2. The van der Waals surface area contributed by atoms with Crippen LogP contribution in [0.4, 0.5) is 4.39 Å². The van der Waals surface area contributed by atoms with E-state index in [-0.39, 0.29) is 19.8 Å². The van der Waals surface area contributed by atoms with Crippen molar-refractivity contribution in [1.29, 1.82) is 0 Å². The zero-order valence-corrected chi connectivity index (χ0v) is 17.8. The molecule has 7 nitrogen and oxygen atoms in total. The van der Waals surface area contributed by atoms with Crippen molar-refractivity contribution in [2.45, 2.75) is 25.2 Å². The molecule has 5 N–H and O–H groups in total. The summed E-state index contributed by atoms with van der Waals surface area (Å²) in [6.45, 7) is 1.49. The minimum atomic E-state index is -0.836. The SMILES string of the molecule is C[C@H](O)c1nccn1C(/C=C(\F)c1ccc(-c2ccc(OCC(O)CN)cc2)cc1)CO. The fourth-order valence-corrected chi connectivity index (χ4v) is 3.24. The Labute approximate surface area is 186 Å². The highest BCUT2D eigenvalue weighted by atomic mass is 19.1. The second kappa shape index (κ2) is 11.0. The van der Waals surface area contributed by atoms with E-state index < -0.39 is 24.1 Å². The molecular formula is C24H28FN3O4. The van der Waals surface area contributed by atoms with Gasteiger partial charge in [0.05, 0.1) is 12.6 Å². The number of nitrogens with zero attached hydrogens (tertiary/aromatic N) is 2. The van der Waals surface area contributed by atoms with E-state index in [1.54, 1.807) is 42.0 Å². The van der Waals surface area contributed by atoms with Crippen molar-refractivity contribution >= 4 is 5.83 Å². The zero-order valence-electron chi connectivity index (χ0n) is 17.8. The quantitative estimate of drug-likeness (QED) is 0.385. The highest BCUT2D eigenvalue weighted by Gasteiger charge is 2.16. The molecule has 3 rings (SSSR count). The van der Waals surface area contributed by atoms with Gasteiger partial charge in [-0.2, -0.15) is 0 Å². The van der Waals surface area contributed by atoms with Gasteiger partial charge >= 0.3 is 0 Å². The van der Waals surface area contributed by atoms with E-state index in [9.17, 15) is 19.7 Å². The summed E-state index contributed by atoms with van der Waals surface area (Å²) in [5, 5.41) is 29.0. The average molecular weight is 442 g/mol. The topological polar surface area (TPSA) is 114 Å². The fourth-order valence-electron chi connectivity index (χ4n) is 3.24. The molecule has 170 valence electrons. The summed E-state index contributed by atoms with van der Waals surface area (Å²) < 4.78 is 21.9. The van der Waals surface area contributed by atoms with Gasteiger partial charge in [0.1, 0.15) is 36.2 Å². The third-order valence-electron chi connectivity index (χ3n) is 5.02. The molecule has 0 aliphatic heterocycles. The van der Waals surface area contributed by atoms with Crippen LogP contribution >= 0.6 is 0 Å². The zero-order chi connectivity index (χ0) is 23.1. The summed E-state index contributed by atoms with van der Waals surface area (Å²) in [6, 6.07) is 13.6. The van der Waals surface area contributed by atoms with Gasteiger partial charge in [0.25, 0.3) is 0 Å². The summed E-state index contributed by atoms with van der Waals surface area (Å²) in [7, 11) is 0. The molecule has 0 aliphatic rings. The number of nitrogens with two attached hydrogens (primary N) is 1. The van der Waals surface area contributed by atoms with E-state index in [1.807, 2.05) is 24.3 Å². The number of imidazole rings is 1. The molecule has 1 aromatic heterocycles. The van der Waals surface area contributed by atoms with E-state index >= 15 is 0 Å². The van der Waals surface area contributed by atoms with E-state index in [0.29, 0.717) is 17.1 Å². The van der Waals surface area contributed by atoms with Crippen LogP contribution in [0.25, 0.3) is 17.0 Å². The van der Waals surface area contributed by atoms with Crippen LogP contribution in [-0.2, 0) is 0 Å². The minimum Gasteiger partial charge on any atom is -0.491 e. The van der Waals surface area contributed by atoms with Crippen LogP contribution in [0.5, 0.6) is 5.75 Å². The average Bonchev–Trinajstić information content (AvgIpc) is 3.31. The number of hydrogen-bond donors (Lipinski definition) is 4. The number of ether oxygens (including phenoxy) is 1. The Balaban J connectivity index is 1.72. The van der Waals surface area contributed by atoms with Gasteiger partial charge in [-0.05, 0) is 36.3 Å². The maximum absolute atomic E-state index is 14.9. The van der Waals surface area contributed by atoms with Crippen LogP contribution in [0.3, 0.4) is 0 Å². The molecule has 0 radical (unpaired) electrons. The summed E-state index contributed by atoms with van der Waals surface area (Å²) in [4.78, 5) is 4.06. The van der Waals surface area contributed by atoms with Gasteiger partial charge in [-0.15, -0.1) is 0 Å². The maximum atomic E-state index is 14.9. The lowest BCUT2D eigenvalue weighted by atomic mass is 10.0. The van der Waals surface area contributed by atoms with E-state index in [4.69, 9.17) is 10.5 Å². The molecule has 0 amide bonds. The lowest BCUT2D eigenvalue weighted by Gasteiger charge is -2.17. The summed E-state index contributed by atoms with van der Waals surface area (Å²) >= 11 is 0. The smallest absolute Gasteiger partial charge is 0.137 e. The maximum Gasteiger partial charge on any atom is 0.137 e. The number of halogens is 1. The van der Waals surface area contributed by atoms with Crippen LogP contribution < -0.4 is 10.5 Å². The lowest BCUT2D eigenvalue weighted by Crippen LogP contribution is -2.26. The van der Waals surface area contributed by atoms with Crippen molar-refractivity contribution < 1.29 is 24.4 Å². The Morgan fingerprint density at radius 2 is 1.75 bits per heavy atom. The first kappa shape index (κ1) is 23.6. The van der Waals surface area contributed by atoms with Gasteiger partial charge in [-0.25, -0.2) is 9.37 Å². The largest absolute Gasteiger partial charge is 0.491 e. The van der Waals surface area contributed by atoms with Gasteiger partial charge in [0, 0.05) is 24.5 Å². The molecule has 32 heavy (non-hydrogen) atoms. The number of aliphatic hydroxyl groups is 3. The van der Waals surface area contributed by atoms with E-state index in [1.165, 1.54) is 12.3 Å². The van der Waals surface area contributed by atoms with Gasteiger partial charge in [0.15, 0.2) is 0 Å². The first-order chi connectivity index (χ1) is 15.4. The van der Waals surface area contributed by atoms with Crippen molar-refractivity contribution in [3.8, 4) is 16.9 Å². The highest BCUT2D eigenvalue weighted by molar-refractivity contribution is 5.68. The molecule has 2 aromatic carbocycles. The van der Waals surface area contributed by atoms with E-state index in [2.05, 4.69) is 4.98 Å². The third-order valence-corrected chi connectivity index (χ3v) is 5.02. The molecule has 3 atom stereocenters. The Hall–Kier alpha value is -3.04. The number of benzene rings is 2. The minimum absolute atomic E-state index is 0.128. The van der Waals surface area contributed by atoms with Gasteiger partial charge in [-0.1, -0.05) is 36.4 Å². The highest BCUT2D eigenvalue weighted by Crippen LogP contribution is 2.27. The molecule has 8 heteroatoms. The monoisotopic (exact) mass is 441 g/mol.